The van der Waals surface area contributed by atoms with Gasteiger partial charge in [0, 0.05) is 55.4 Å². The van der Waals surface area contributed by atoms with Crippen molar-refractivity contribution in [3.05, 3.63) is 39.6 Å². The Bertz CT molecular complexity index is 773. The summed E-state index contributed by atoms with van der Waals surface area (Å²) in [6, 6.07) is 1.82. The lowest BCUT2D eigenvalue weighted by molar-refractivity contribution is -0.112. The largest absolute Gasteiger partial charge is 0.378 e. The first-order valence-electron chi connectivity index (χ1n) is 9.23. The zero-order valence-electron chi connectivity index (χ0n) is 15.1. The van der Waals surface area contributed by atoms with Crippen LogP contribution < -0.4 is 4.90 Å². The number of fused-ring (bicyclic) bond motifs is 1. The number of hydrogen-bond acceptors (Lipinski definition) is 7. The molecule has 4 heterocycles. The summed E-state index contributed by atoms with van der Waals surface area (Å²) in [4.78, 5) is 25.7. The second kappa shape index (κ2) is 7.82. The van der Waals surface area contributed by atoms with Crippen molar-refractivity contribution in [3.8, 4) is 0 Å². The van der Waals surface area contributed by atoms with Crippen molar-refractivity contribution in [1.82, 2.24) is 14.9 Å². The second-order valence-electron chi connectivity index (χ2n) is 6.68. The van der Waals surface area contributed by atoms with E-state index >= 15 is 0 Å². The Morgan fingerprint density at radius 3 is 2.96 bits per heavy atom. The summed E-state index contributed by atoms with van der Waals surface area (Å²) >= 11 is 1.71. The molecule has 2 aromatic rings. The number of ether oxygens (including phenoxy) is 1. The lowest BCUT2D eigenvalue weighted by atomic mass is 10.1. The maximum absolute atomic E-state index is 12.0. The van der Waals surface area contributed by atoms with E-state index in [1.165, 1.54) is 0 Å². The van der Waals surface area contributed by atoms with Crippen molar-refractivity contribution in [3.63, 3.8) is 0 Å². The molecule has 2 aliphatic rings. The van der Waals surface area contributed by atoms with E-state index in [-0.39, 0.29) is 6.04 Å². The Morgan fingerprint density at radius 1 is 1.38 bits per heavy atom. The van der Waals surface area contributed by atoms with E-state index in [1.807, 2.05) is 12.3 Å². The Hall–Kier alpha value is -1.83. The van der Waals surface area contributed by atoms with Crippen LogP contribution in [0.2, 0.25) is 0 Å². The normalized spacial score (nSPS) is 20.3. The molecule has 0 amide bonds. The van der Waals surface area contributed by atoms with Crippen LogP contribution in [0.1, 0.15) is 34.9 Å². The Morgan fingerprint density at radius 2 is 2.23 bits per heavy atom. The van der Waals surface area contributed by atoms with Crippen molar-refractivity contribution >= 4 is 23.3 Å². The van der Waals surface area contributed by atoms with Crippen LogP contribution in [0.15, 0.2) is 17.6 Å². The summed E-state index contributed by atoms with van der Waals surface area (Å²) in [5, 5.41) is 3.27. The van der Waals surface area contributed by atoms with Crippen LogP contribution in [0, 0.1) is 0 Å². The monoisotopic (exact) mass is 372 g/mol. The van der Waals surface area contributed by atoms with Crippen molar-refractivity contribution in [1.29, 1.82) is 0 Å². The summed E-state index contributed by atoms with van der Waals surface area (Å²) in [5.74, 6) is 0. The highest BCUT2D eigenvalue weighted by Gasteiger charge is 2.34. The number of hydrogen-bond donors (Lipinski definition) is 0. The molecule has 0 N–H and O–H groups in total. The zero-order chi connectivity index (χ0) is 17.9. The fourth-order valence-corrected chi connectivity index (χ4v) is 4.61. The molecule has 0 aliphatic carbocycles. The maximum Gasteiger partial charge on any atom is 0.141 e. The zero-order valence-corrected chi connectivity index (χ0v) is 15.9. The van der Waals surface area contributed by atoms with Crippen molar-refractivity contribution in [2.45, 2.75) is 32.4 Å². The number of nitrogens with zero attached hydrogens (tertiary/aromatic N) is 4. The number of carbonyl (C=O) groups is 1. The summed E-state index contributed by atoms with van der Waals surface area (Å²) in [6.07, 6.45) is 4.77. The minimum Gasteiger partial charge on any atom is -0.378 e. The highest BCUT2D eigenvalue weighted by atomic mass is 32.1. The third-order valence-corrected chi connectivity index (χ3v) is 6.10. The van der Waals surface area contributed by atoms with E-state index in [9.17, 15) is 4.79 Å². The summed E-state index contributed by atoms with van der Waals surface area (Å²) < 4.78 is 5.47. The molecule has 1 atom stereocenters. The minimum absolute atomic E-state index is 0.220. The summed E-state index contributed by atoms with van der Waals surface area (Å²) in [6.45, 7) is 6.85. The molecular weight excluding hydrogens is 348 g/mol. The SMILES string of the molecule is CCc1csc(CCN2Cc3nccc(N4CCOCC4)c3C2C=O)n1. The van der Waals surface area contributed by atoms with E-state index in [2.05, 4.69) is 32.1 Å². The van der Waals surface area contributed by atoms with Gasteiger partial charge < -0.3 is 14.4 Å². The fourth-order valence-electron chi connectivity index (χ4n) is 3.74. The molecule has 2 aromatic heterocycles. The topological polar surface area (TPSA) is 58.6 Å². The number of morpholine rings is 1. The van der Waals surface area contributed by atoms with Gasteiger partial charge in [-0.15, -0.1) is 11.3 Å². The molecule has 0 saturated carbocycles. The third-order valence-electron chi connectivity index (χ3n) is 5.15. The lowest BCUT2D eigenvalue weighted by Gasteiger charge is -2.31. The van der Waals surface area contributed by atoms with Crippen molar-refractivity contribution in [2.24, 2.45) is 0 Å². The van der Waals surface area contributed by atoms with Crippen LogP contribution in [0.3, 0.4) is 0 Å². The molecule has 138 valence electrons. The van der Waals surface area contributed by atoms with Crippen LogP contribution in [-0.2, 0) is 28.9 Å². The molecule has 6 nitrogen and oxygen atoms in total. The Labute approximate surface area is 157 Å². The molecule has 1 unspecified atom stereocenters. The number of rotatable bonds is 6. The highest BCUT2D eigenvalue weighted by molar-refractivity contribution is 7.09. The van der Waals surface area contributed by atoms with Gasteiger partial charge in [0.2, 0.25) is 0 Å². The molecule has 0 spiro atoms. The molecule has 4 rings (SSSR count). The van der Waals surface area contributed by atoms with Gasteiger partial charge in [0.15, 0.2) is 0 Å². The van der Waals surface area contributed by atoms with Crippen LogP contribution in [0.5, 0.6) is 0 Å². The van der Waals surface area contributed by atoms with Crippen LogP contribution in [0.25, 0.3) is 0 Å². The second-order valence-corrected chi connectivity index (χ2v) is 7.62. The fraction of sp³-hybridized carbons (Fsp3) is 0.526. The number of aromatic nitrogens is 2. The first-order chi connectivity index (χ1) is 12.8. The average molecular weight is 372 g/mol. The number of aldehydes is 1. The van der Waals surface area contributed by atoms with Gasteiger partial charge in [-0.1, -0.05) is 6.92 Å². The molecule has 0 aromatic carbocycles. The molecule has 26 heavy (non-hydrogen) atoms. The molecule has 1 fully saturated rings. The smallest absolute Gasteiger partial charge is 0.141 e. The van der Waals surface area contributed by atoms with Gasteiger partial charge in [0.1, 0.15) is 6.29 Å². The molecular formula is C19H24N4O2S. The first-order valence-corrected chi connectivity index (χ1v) is 10.1. The minimum atomic E-state index is -0.220. The van der Waals surface area contributed by atoms with E-state index in [1.54, 1.807) is 11.3 Å². The lowest BCUT2D eigenvalue weighted by Crippen LogP contribution is -2.37. The molecule has 7 heteroatoms. The maximum atomic E-state index is 12.0. The van der Waals surface area contributed by atoms with Gasteiger partial charge in [0.25, 0.3) is 0 Å². The van der Waals surface area contributed by atoms with Crippen LogP contribution in [-0.4, -0.2) is 54.0 Å². The van der Waals surface area contributed by atoms with Gasteiger partial charge in [-0.05, 0) is 12.5 Å². The average Bonchev–Trinajstić information content (AvgIpc) is 3.30. The van der Waals surface area contributed by atoms with E-state index in [0.717, 1.165) is 86.2 Å². The summed E-state index contributed by atoms with van der Waals surface area (Å²) in [7, 11) is 0. The van der Waals surface area contributed by atoms with Crippen molar-refractivity contribution < 1.29 is 9.53 Å². The van der Waals surface area contributed by atoms with Crippen LogP contribution in [0.4, 0.5) is 5.69 Å². The quantitative estimate of drug-likeness (QED) is 0.725. The molecule has 2 aliphatic heterocycles. The number of thiazole rings is 1. The highest BCUT2D eigenvalue weighted by Crippen LogP contribution is 2.38. The summed E-state index contributed by atoms with van der Waals surface area (Å²) in [5.41, 5.74) is 4.40. The predicted octanol–water partition coefficient (Wildman–Crippen LogP) is 2.24. The van der Waals surface area contributed by atoms with E-state index in [0.29, 0.717) is 0 Å². The first kappa shape index (κ1) is 17.6. The van der Waals surface area contributed by atoms with Gasteiger partial charge in [-0.2, -0.15) is 0 Å². The molecule has 0 bridgehead atoms. The number of pyridine rings is 1. The Balaban J connectivity index is 1.52. The van der Waals surface area contributed by atoms with Gasteiger partial charge >= 0.3 is 0 Å². The number of anilines is 1. The van der Waals surface area contributed by atoms with Crippen molar-refractivity contribution in [2.75, 3.05) is 37.7 Å². The van der Waals surface area contributed by atoms with Crippen LogP contribution >= 0.6 is 11.3 Å². The molecule has 1 saturated heterocycles. The predicted molar refractivity (Wildman–Crippen MR) is 102 cm³/mol. The molecule has 0 radical (unpaired) electrons. The Kier molecular flexibility index (Phi) is 5.28. The van der Waals surface area contributed by atoms with E-state index in [4.69, 9.17) is 4.74 Å². The number of carbonyl (C=O) groups excluding carboxylic acids is 1. The van der Waals surface area contributed by atoms with Gasteiger partial charge in [0.05, 0.1) is 35.7 Å². The standard InChI is InChI=1S/C19H24N4O2S/c1-2-14-13-26-18(21-14)4-6-23-11-15-19(17(23)12-24)16(3-5-20-15)22-7-9-25-10-8-22/h3,5,12-13,17H,2,4,6-11H2,1H3. The van der Waals surface area contributed by atoms with Gasteiger partial charge in [-0.3, -0.25) is 9.88 Å². The third kappa shape index (κ3) is 3.39. The van der Waals surface area contributed by atoms with Gasteiger partial charge in [-0.25, -0.2) is 4.98 Å². The van der Waals surface area contributed by atoms with E-state index < -0.39 is 0 Å². The number of aryl methyl sites for hydroxylation is 1.